The zero-order chi connectivity index (χ0) is 50.0. The van der Waals surface area contributed by atoms with Gasteiger partial charge in [0.15, 0.2) is 0 Å². The van der Waals surface area contributed by atoms with Crippen LogP contribution >= 0.6 is 45.3 Å². The highest BCUT2D eigenvalue weighted by Crippen LogP contribution is 2.52. The second-order valence-corrected chi connectivity index (χ2v) is 23.2. The van der Waals surface area contributed by atoms with Gasteiger partial charge in [-0.3, -0.25) is 19.2 Å². The van der Waals surface area contributed by atoms with Gasteiger partial charge in [-0.05, 0) is 66.1 Å². The quantitative estimate of drug-likeness (QED) is 0.0784. The van der Waals surface area contributed by atoms with Crippen molar-refractivity contribution in [1.29, 1.82) is 10.5 Å². The van der Waals surface area contributed by atoms with Gasteiger partial charge in [-0.1, -0.05) is 55.4 Å². The Bertz CT molecular complexity index is 3210. The van der Waals surface area contributed by atoms with Crippen molar-refractivity contribution in [3.63, 3.8) is 0 Å². The van der Waals surface area contributed by atoms with Gasteiger partial charge in [-0.15, -0.1) is 45.3 Å². The van der Waals surface area contributed by atoms with E-state index in [-0.39, 0.29) is 58.7 Å². The largest absolute Gasteiger partial charge is 0.520 e. The number of carbonyl (C=O) groups excluding carboxylic acids is 4. The maximum absolute atomic E-state index is 14.8. The fourth-order valence-corrected chi connectivity index (χ4v) is 13.1. The molecular formula is C52H44N10O4S4. The molecule has 0 fully saturated rings. The van der Waals surface area contributed by atoms with E-state index in [9.17, 15) is 29.7 Å². The van der Waals surface area contributed by atoms with Crippen molar-refractivity contribution >= 4 is 124 Å². The summed E-state index contributed by atoms with van der Waals surface area (Å²) in [6.07, 6.45) is 3.01. The van der Waals surface area contributed by atoms with Gasteiger partial charge in [0.05, 0.1) is 75.3 Å². The molecule has 0 radical (unpaired) electrons. The van der Waals surface area contributed by atoms with Crippen molar-refractivity contribution in [3.8, 4) is 12.1 Å². The number of rotatable bonds is 14. The molecule has 8 heterocycles. The van der Waals surface area contributed by atoms with E-state index in [1.807, 2.05) is 91.8 Å². The lowest BCUT2D eigenvalue weighted by Gasteiger charge is -2.26. The third-order valence-electron chi connectivity index (χ3n) is 11.6. The normalized spacial score (nSPS) is 15.9. The summed E-state index contributed by atoms with van der Waals surface area (Å²) in [5, 5.41) is 19.8. The van der Waals surface area contributed by atoms with Gasteiger partial charge >= 0.3 is 5.82 Å². The molecule has 1 aromatic carbocycles. The topological polar surface area (TPSA) is 163 Å². The molecule has 0 bridgehead atoms. The maximum Gasteiger partial charge on any atom is 0.520 e. The molecule has 4 aliphatic heterocycles. The standard InChI is InChI=1S/C52H44N10O4S4/c1-25(2)21-59-43(34-13-11-30(67-34)15-29(19-53)20-54)39-41(51(59)65)45(61(49(39)63)23-27(5)6)47-57-32-17-37-33(18-36(32)69-47)58-48(70-37)46-42-40(50(64)62(46)24-28(7)8)44(60(52(42)66)22-26(3)4)35-14-12-31(68-35)16-38(55-9)56-10/h11-18,25-28H,21-24H2,1-8H3. The smallest absolute Gasteiger partial charge is 0.306 e. The number of allylic oxidation sites excluding steroid dienone is 1. The molecule has 5 aromatic rings. The Labute approximate surface area is 421 Å². The summed E-state index contributed by atoms with van der Waals surface area (Å²) >= 11 is 5.35. The van der Waals surface area contributed by atoms with E-state index in [1.54, 1.807) is 31.7 Å². The molecule has 0 atom stereocenters. The number of carbonyl (C=O) groups is 4. The van der Waals surface area contributed by atoms with Crippen LogP contribution in [0.3, 0.4) is 0 Å². The monoisotopic (exact) mass is 1000 g/mol. The predicted octanol–water partition coefficient (Wildman–Crippen LogP) is 10.8. The van der Waals surface area contributed by atoms with Crippen LogP contribution in [-0.4, -0.2) is 79.4 Å². The summed E-state index contributed by atoms with van der Waals surface area (Å²) in [6.45, 7) is 32.3. The molecule has 0 N–H and O–H groups in total. The minimum absolute atomic E-state index is 0.0509. The number of amides is 4. The number of thiophene rings is 2. The number of fused-ring (bicyclic) bond motifs is 4. The Hall–Kier alpha value is -7.32. The number of aromatic nitrogens is 2. The fraction of sp³-hybridized carbons (Fsp3) is 0.308. The van der Waals surface area contributed by atoms with Crippen molar-refractivity contribution in [1.82, 2.24) is 29.6 Å². The zero-order valence-corrected chi connectivity index (χ0v) is 42.8. The zero-order valence-electron chi connectivity index (χ0n) is 39.5. The lowest BCUT2D eigenvalue weighted by atomic mass is 10.1. The predicted molar refractivity (Wildman–Crippen MR) is 276 cm³/mol. The molecule has 14 nitrogen and oxygen atoms in total. The third kappa shape index (κ3) is 8.17. The minimum Gasteiger partial charge on any atom is -0.306 e. The molecule has 70 heavy (non-hydrogen) atoms. The summed E-state index contributed by atoms with van der Waals surface area (Å²) in [4.78, 5) is 85.3. The number of hydrogen-bond acceptors (Lipinski definition) is 12. The highest BCUT2D eigenvalue weighted by atomic mass is 32.1. The molecule has 0 unspecified atom stereocenters. The lowest BCUT2D eigenvalue weighted by Crippen LogP contribution is -2.33. The molecule has 0 spiro atoms. The fourth-order valence-electron chi connectivity index (χ4n) is 9.02. The lowest BCUT2D eigenvalue weighted by molar-refractivity contribution is -0.124. The number of hydrogen-bond donors (Lipinski definition) is 0. The van der Waals surface area contributed by atoms with Crippen LogP contribution < -0.4 is 0 Å². The van der Waals surface area contributed by atoms with Gasteiger partial charge in [-0.2, -0.15) is 20.2 Å². The second kappa shape index (κ2) is 18.5. The van der Waals surface area contributed by atoms with Gasteiger partial charge in [0.2, 0.25) is 0 Å². The molecule has 0 saturated carbocycles. The van der Waals surface area contributed by atoms with Crippen molar-refractivity contribution < 1.29 is 19.2 Å². The highest BCUT2D eigenvalue weighted by Gasteiger charge is 2.52. The van der Waals surface area contributed by atoms with E-state index in [0.29, 0.717) is 112 Å². The Kier molecular flexibility index (Phi) is 12.6. The number of benzene rings is 1. The van der Waals surface area contributed by atoms with E-state index < -0.39 is 0 Å². The van der Waals surface area contributed by atoms with Gasteiger partial charge in [-0.25, -0.2) is 9.97 Å². The van der Waals surface area contributed by atoms with E-state index in [4.69, 9.17) is 23.1 Å². The first kappa shape index (κ1) is 47.7. The number of thiazole rings is 2. The van der Waals surface area contributed by atoms with Crippen LogP contribution in [0, 0.1) is 59.5 Å². The van der Waals surface area contributed by atoms with E-state index >= 15 is 0 Å². The SMILES string of the molecule is [C-]#[N+]C(=Cc1ccc(C2=C3C(=O)N(CC(C)C)C(c4nc5cc6sc(C7=C8C(=O)N(CC(C)C)C(c9ccc(C=C(C#N)C#N)s9)=C8C(=O)N7CC(C)C)nc6cc5s4)=C3C(=O)N2CC(C)C)s1)[N+]#[C-]. The summed E-state index contributed by atoms with van der Waals surface area (Å²) < 4.78 is 1.55. The van der Waals surface area contributed by atoms with E-state index in [0.717, 1.165) is 9.40 Å². The Balaban J connectivity index is 1.18. The second-order valence-electron chi connectivity index (χ2n) is 18.9. The van der Waals surface area contributed by atoms with Crippen LogP contribution in [0.25, 0.3) is 65.1 Å². The minimum atomic E-state index is -0.289. The van der Waals surface area contributed by atoms with Gasteiger partial charge in [0.25, 0.3) is 23.6 Å². The molecule has 18 heteroatoms. The summed E-state index contributed by atoms with van der Waals surface area (Å²) in [7, 11) is 0. The summed E-state index contributed by atoms with van der Waals surface area (Å²) in [5.41, 5.74) is 4.42. The average molecular weight is 1000 g/mol. The Morgan fingerprint density at radius 3 is 1.24 bits per heavy atom. The first-order valence-electron chi connectivity index (χ1n) is 22.6. The van der Waals surface area contributed by atoms with Crippen molar-refractivity contribution in [2.24, 2.45) is 23.7 Å². The molecule has 4 amide bonds. The molecule has 9 rings (SSSR count). The first-order valence-corrected chi connectivity index (χ1v) is 25.9. The van der Waals surface area contributed by atoms with Crippen molar-refractivity contribution in [2.75, 3.05) is 26.2 Å². The van der Waals surface area contributed by atoms with Crippen LogP contribution in [0.15, 0.2) is 70.1 Å². The van der Waals surface area contributed by atoms with Crippen molar-refractivity contribution in [3.05, 3.63) is 122 Å². The van der Waals surface area contributed by atoms with Crippen LogP contribution in [-0.2, 0) is 19.2 Å². The molecule has 4 aliphatic rings. The maximum atomic E-state index is 14.8. The van der Waals surface area contributed by atoms with E-state index in [2.05, 4.69) is 9.69 Å². The third-order valence-corrected chi connectivity index (χ3v) is 15.7. The molecule has 4 aromatic heterocycles. The summed E-state index contributed by atoms with van der Waals surface area (Å²) in [5.74, 6) is -0.970. The van der Waals surface area contributed by atoms with Crippen LogP contribution in [0.4, 0.5) is 0 Å². The van der Waals surface area contributed by atoms with Crippen LogP contribution in [0.2, 0.25) is 0 Å². The van der Waals surface area contributed by atoms with Gasteiger partial charge < -0.3 is 19.6 Å². The number of nitriles is 2. The van der Waals surface area contributed by atoms with Gasteiger partial charge in [0, 0.05) is 42.0 Å². The van der Waals surface area contributed by atoms with Crippen LogP contribution in [0.5, 0.6) is 0 Å². The first-order chi connectivity index (χ1) is 33.5. The average Bonchev–Trinajstić information content (AvgIpc) is 4.20. The highest BCUT2D eigenvalue weighted by molar-refractivity contribution is 7.21. The molecule has 0 saturated heterocycles. The molecular weight excluding hydrogens is 957 g/mol. The van der Waals surface area contributed by atoms with Gasteiger partial charge in [0.1, 0.15) is 40.9 Å². The number of nitrogens with zero attached hydrogens (tertiary/aromatic N) is 10. The van der Waals surface area contributed by atoms with Crippen molar-refractivity contribution in [2.45, 2.75) is 55.4 Å². The molecule has 0 aliphatic carbocycles. The van der Waals surface area contributed by atoms with Crippen LogP contribution in [0.1, 0.15) is 84.9 Å². The Morgan fingerprint density at radius 2 is 0.900 bits per heavy atom. The van der Waals surface area contributed by atoms with E-state index in [1.165, 1.54) is 57.5 Å². The molecule has 350 valence electrons. The summed E-state index contributed by atoms with van der Waals surface area (Å²) in [6, 6.07) is 14.9. The Morgan fingerprint density at radius 1 is 0.557 bits per heavy atom.